The zero-order valence-corrected chi connectivity index (χ0v) is 17.3. The fourth-order valence-electron chi connectivity index (χ4n) is 2.87. The van der Waals surface area contributed by atoms with Crippen LogP contribution in [0.15, 0.2) is 74.9 Å². The lowest BCUT2D eigenvalue weighted by atomic mass is 10.2. The van der Waals surface area contributed by atoms with Crippen LogP contribution in [0.5, 0.6) is 0 Å². The zero-order valence-electron chi connectivity index (χ0n) is 15.7. The molecule has 0 radical (unpaired) electrons. The molecule has 0 unspecified atom stereocenters. The normalized spacial score (nSPS) is 10.7. The topological polar surface area (TPSA) is 64.3 Å². The molecule has 1 aromatic heterocycles. The first-order chi connectivity index (χ1) is 13.8. The molecule has 0 spiro atoms. The standard InChI is InChI=1S/C21H19BrFN3O3/c1-24(13-16-11-17(22)7-8-18(16)23)20(28)14-26-19(27)9-10-25(21(26)29)12-15-5-3-2-4-6-15/h2-11H,12-14H2,1H3. The SMILES string of the molecule is CN(Cc1cc(Br)ccc1F)C(=O)Cn1c(=O)ccn(Cc2ccccc2)c1=O. The molecule has 3 rings (SSSR count). The first-order valence-electron chi connectivity index (χ1n) is 8.87. The Morgan fingerprint density at radius 2 is 1.83 bits per heavy atom. The number of amides is 1. The third-order valence-electron chi connectivity index (χ3n) is 4.47. The summed E-state index contributed by atoms with van der Waals surface area (Å²) in [5, 5.41) is 0. The smallest absolute Gasteiger partial charge is 0.331 e. The predicted octanol–water partition coefficient (Wildman–Crippen LogP) is 2.62. The van der Waals surface area contributed by atoms with Crippen molar-refractivity contribution in [1.82, 2.24) is 14.0 Å². The van der Waals surface area contributed by atoms with Crippen LogP contribution in [0.2, 0.25) is 0 Å². The highest BCUT2D eigenvalue weighted by molar-refractivity contribution is 9.10. The van der Waals surface area contributed by atoms with Crippen LogP contribution in [0.25, 0.3) is 0 Å². The summed E-state index contributed by atoms with van der Waals surface area (Å²) in [4.78, 5) is 38.7. The molecule has 150 valence electrons. The van der Waals surface area contributed by atoms with E-state index in [1.165, 1.54) is 34.8 Å². The Labute approximate surface area is 175 Å². The van der Waals surface area contributed by atoms with Crippen molar-refractivity contribution in [1.29, 1.82) is 0 Å². The summed E-state index contributed by atoms with van der Waals surface area (Å²) < 4.78 is 16.9. The quantitative estimate of drug-likeness (QED) is 0.568. The van der Waals surface area contributed by atoms with Gasteiger partial charge in [0.05, 0.1) is 6.54 Å². The first kappa shape index (κ1) is 20.7. The van der Waals surface area contributed by atoms with E-state index in [1.807, 2.05) is 30.3 Å². The van der Waals surface area contributed by atoms with Gasteiger partial charge in [0, 0.05) is 35.9 Å². The highest BCUT2D eigenvalue weighted by atomic mass is 79.9. The number of hydrogen-bond donors (Lipinski definition) is 0. The third kappa shape index (κ3) is 5.08. The van der Waals surface area contributed by atoms with Crippen molar-refractivity contribution in [2.24, 2.45) is 0 Å². The van der Waals surface area contributed by atoms with E-state index in [0.29, 0.717) is 10.0 Å². The highest BCUT2D eigenvalue weighted by Gasteiger charge is 2.16. The van der Waals surface area contributed by atoms with Crippen LogP contribution in [0, 0.1) is 5.82 Å². The minimum absolute atomic E-state index is 0.0178. The van der Waals surface area contributed by atoms with Crippen LogP contribution < -0.4 is 11.2 Å². The van der Waals surface area contributed by atoms with Crippen LogP contribution in [-0.4, -0.2) is 27.0 Å². The number of carbonyl (C=O) groups is 1. The highest BCUT2D eigenvalue weighted by Crippen LogP contribution is 2.17. The summed E-state index contributed by atoms with van der Waals surface area (Å²) in [6.07, 6.45) is 1.42. The van der Waals surface area contributed by atoms with Crippen molar-refractivity contribution in [2.45, 2.75) is 19.6 Å². The zero-order chi connectivity index (χ0) is 21.0. The van der Waals surface area contributed by atoms with Crippen molar-refractivity contribution in [2.75, 3.05) is 7.05 Å². The Morgan fingerprint density at radius 1 is 1.10 bits per heavy atom. The lowest BCUT2D eigenvalue weighted by molar-refractivity contribution is -0.131. The number of halogens is 2. The molecule has 29 heavy (non-hydrogen) atoms. The number of benzene rings is 2. The van der Waals surface area contributed by atoms with Crippen molar-refractivity contribution in [3.63, 3.8) is 0 Å². The maximum Gasteiger partial charge on any atom is 0.331 e. The molecule has 2 aromatic carbocycles. The van der Waals surface area contributed by atoms with Crippen molar-refractivity contribution in [3.05, 3.63) is 103 Å². The average Bonchev–Trinajstić information content (AvgIpc) is 2.70. The molecule has 0 N–H and O–H groups in total. The Morgan fingerprint density at radius 3 is 2.55 bits per heavy atom. The summed E-state index contributed by atoms with van der Waals surface area (Å²) in [7, 11) is 1.50. The van der Waals surface area contributed by atoms with Gasteiger partial charge in [-0.05, 0) is 23.8 Å². The van der Waals surface area contributed by atoms with E-state index < -0.39 is 29.5 Å². The van der Waals surface area contributed by atoms with Crippen LogP contribution in [-0.2, 0) is 24.4 Å². The molecule has 6 nitrogen and oxygen atoms in total. The lowest BCUT2D eigenvalue weighted by Gasteiger charge is -2.18. The van der Waals surface area contributed by atoms with Gasteiger partial charge in [-0.15, -0.1) is 0 Å². The van der Waals surface area contributed by atoms with Crippen LogP contribution in [0.3, 0.4) is 0 Å². The summed E-state index contributed by atoms with van der Waals surface area (Å²) in [6.45, 7) is -0.115. The number of carbonyl (C=O) groups excluding carboxylic acids is 1. The molecule has 0 fully saturated rings. The van der Waals surface area contributed by atoms with Gasteiger partial charge in [0.2, 0.25) is 5.91 Å². The van der Waals surface area contributed by atoms with Gasteiger partial charge in [0.1, 0.15) is 12.4 Å². The van der Waals surface area contributed by atoms with Gasteiger partial charge in [-0.25, -0.2) is 9.18 Å². The molecule has 0 saturated carbocycles. The van der Waals surface area contributed by atoms with Gasteiger partial charge >= 0.3 is 5.69 Å². The largest absolute Gasteiger partial charge is 0.340 e. The van der Waals surface area contributed by atoms with Gasteiger partial charge in [-0.3, -0.25) is 18.7 Å². The van der Waals surface area contributed by atoms with Crippen LogP contribution in [0.4, 0.5) is 4.39 Å². The summed E-state index contributed by atoms with van der Waals surface area (Å²) in [6, 6.07) is 15.0. The van der Waals surface area contributed by atoms with E-state index in [0.717, 1.165) is 10.1 Å². The molecule has 0 atom stereocenters. The molecule has 3 aromatic rings. The molecule has 0 bridgehead atoms. The van der Waals surface area contributed by atoms with E-state index in [1.54, 1.807) is 12.1 Å². The van der Waals surface area contributed by atoms with Crippen molar-refractivity contribution in [3.8, 4) is 0 Å². The van der Waals surface area contributed by atoms with Crippen molar-refractivity contribution < 1.29 is 9.18 Å². The summed E-state index contributed by atoms with van der Waals surface area (Å²) in [5.74, 6) is -0.906. The van der Waals surface area contributed by atoms with E-state index in [-0.39, 0.29) is 13.1 Å². The maximum atomic E-state index is 13.9. The Kier molecular flexibility index (Phi) is 6.43. The van der Waals surface area contributed by atoms with Gasteiger partial charge in [-0.2, -0.15) is 0 Å². The number of rotatable bonds is 6. The third-order valence-corrected chi connectivity index (χ3v) is 4.96. The summed E-state index contributed by atoms with van der Waals surface area (Å²) in [5.41, 5.74) is 0.0944. The molecule has 1 heterocycles. The van der Waals surface area contributed by atoms with Crippen LogP contribution >= 0.6 is 15.9 Å². The Balaban J connectivity index is 1.79. The van der Waals surface area contributed by atoms with E-state index in [2.05, 4.69) is 15.9 Å². The van der Waals surface area contributed by atoms with E-state index in [9.17, 15) is 18.8 Å². The Bertz CT molecular complexity index is 1140. The van der Waals surface area contributed by atoms with Gasteiger partial charge in [0.25, 0.3) is 5.56 Å². The van der Waals surface area contributed by atoms with Crippen LogP contribution in [0.1, 0.15) is 11.1 Å². The number of likely N-dealkylation sites (N-methyl/N-ethyl adjacent to an activating group) is 1. The molecule has 0 aliphatic heterocycles. The molecule has 1 amide bonds. The number of nitrogens with zero attached hydrogens (tertiary/aromatic N) is 3. The second-order valence-corrected chi connectivity index (χ2v) is 7.54. The van der Waals surface area contributed by atoms with E-state index >= 15 is 0 Å². The molecular formula is C21H19BrFN3O3. The average molecular weight is 460 g/mol. The number of hydrogen-bond acceptors (Lipinski definition) is 3. The monoisotopic (exact) mass is 459 g/mol. The lowest BCUT2D eigenvalue weighted by Crippen LogP contribution is -2.43. The molecule has 8 heteroatoms. The van der Waals surface area contributed by atoms with E-state index in [4.69, 9.17) is 0 Å². The molecule has 0 aliphatic rings. The van der Waals surface area contributed by atoms with Gasteiger partial charge in [-0.1, -0.05) is 46.3 Å². The number of aromatic nitrogens is 2. The molecule has 0 aliphatic carbocycles. The predicted molar refractivity (Wildman–Crippen MR) is 111 cm³/mol. The first-order valence-corrected chi connectivity index (χ1v) is 9.66. The minimum Gasteiger partial charge on any atom is -0.340 e. The minimum atomic E-state index is -0.572. The second-order valence-electron chi connectivity index (χ2n) is 6.62. The van der Waals surface area contributed by atoms with Gasteiger partial charge < -0.3 is 4.90 Å². The fraction of sp³-hybridized carbons (Fsp3) is 0.190. The maximum absolute atomic E-state index is 13.9. The Hall–Kier alpha value is -3.00. The molecular weight excluding hydrogens is 441 g/mol. The second kappa shape index (κ2) is 9.00. The van der Waals surface area contributed by atoms with Crippen molar-refractivity contribution >= 4 is 21.8 Å². The van der Waals surface area contributed by atoms with Gasteiger partial charge in [0.15, 0.2) is 0 Å². The fourth-order valence-corrected chi connectivity index (χ4v) is 3.28. The summed E-state index contributed by atoms with van der Waals surface area (Å²) >= 11 is 3.27. The molecule has 0 saturated heterocycles.